The summed E-state index contributed by atoms with van der Waals surface area (Å²) >= 11 is 0. The number of urea groups is 1. The standard InChI is InChI=1S/C13H23N3O3/c14-8-10-4-6-15(9-10)13(19)16-5-2-1-3-11(16)7-12(17)18/h10-11H,1-9,14H2,(H,17,18). The Balaban J connectivity index is 1.97. The third-order valence-corrected chi connectivity index (χ3v) is 4.17. The van der Waals surface area contributed by atoms with E-state index in [1.54, 1.807) is 4.90 Å². The second-order valence-electron chi connectivity index (χ2n) is 5.56. The molecule has 0 aromatic rings. The van der Waals surface area contributed by atoms with Gasteiger partial charge < -0.3 is 20.6 Å². The van der Waals surface area contributed by atoms with Crippen LogP contribution >= 0.6 is 0 Å². The molecular formula is C13H23N3O3. The number of carboxylic acid groups (broad SMARTS) is 1. The normalized spacial score (nSPS) is 27.6. The minimum atomic E-state index is -0.828. The first-order valence-corrected chi connectivity index (χ1v) is 7.09. The molecule has 6 heteroatoms. The van der Waals surface area contributed by atoms with E-state index in [-0.39, 0.29) is 18.5 Å². The van der Waals surface area contributed by atoms with Crippen molar-refractivity contribution in [3.63, 3.8) is 0 Å². The van der Waals surface area contributed by atoms with Crippen LogP contribution in [0.25, 0.3) is 0 Å². The minimum Gasteiger partial charge on any atom is -0.481 e. The number of nitrogens with two attached hydrogens (primary N) is 1. The molecule has 3 N–H and O–H groups in total. The number of carbonyl (C=O) groups is 2. The molecule has 108 valence electrons. The molecule has 2 saturated heterocycles. The number of likely N-dealkylation sites (tertiary alicyclic amines) is 2. The van der Waals surface area contributed by atoms with Gasteiger partial charge in [-0.05, 0) is 38.1 Å². The summed E-state index contributed by atoms with van der Waals surface area (Å²) in [5.41, 5.74) is 5.64. The molecule has 2 unspecified atom stereocenters. The van der Waals surface area contributed by atoms with Crippen molar-refractivity contribution in [1.82, 2.24) is 9.80 Å². The Morgan fingerprint density at radius 2 is 2.00 bits per heavy atom. The molecule has 0 spiro atoms. The van der Waals surface area contributed by atoms with E-state index in [0.29, 0.717) is 25.6 Å². The number of nitrogens with zero attached hydrogens (tertiary/aromatic N) is 2. The predicted octanol–water partition coefficient (Wildman–Crippen LogP) is 0.716. The zero-order chi connectivity index (χ0) is 13.8. The largest absolute Gasteiger partial charge is 0.481 e. The van der Waals surface area contributed by atoms with E-state index in [9.17, 15) is 9.59 Å². The lowest BCUT2D eigenvalue weighted by Gasteiger charge is -2.37. The van der Waals surface area contributed by atoms with Gasteiger partial charge in [0, 0.05) is 25.7 Å². The lowest BCUT2D eigenvalue weighted by Crippen LogP contribution is -2.50. The summed E-state index contributed by atoms with van der Waals surface area (Å²) in [4.78, 5) is 27.0. The van der Waals surface area contributed by atoms with Gasteiger partial charge in [-0.25, -0.2) is 4.79 Å². The monoisotopic (exact) mass is 269 g/mol. The molecule has 0 aromatic heterocycles. The van der Waals surface area contributed by atoms with Gasteiger partial charge in [0.1, 0.15) is 0 Å². The van der Waals surface area contributed by atoms with Crippen LogP contribution in [0.15, 0.2) is 0 Å². The van der Waals surface area contributed by atoms with Gasteiger partial charge in [0.05, 0.1) is 6.42 Å². The molecule has 0 aromatic carbocycles. The summed E-state index contributed by atoms with van der Waals surface area (Å²) in [5, 5.41) is 8.94. The highest BCUT2D eigenvalue weighted by Gasteiger charge is 2.34. The summed E-state index contributed by atoms with van der Waals surface area (Å²) in [6.45, 7) is 2.76. The number of carboxylic acids is 1. The summed E-state index contributed by atoms with van der Waals surface area (Å²) in [7, 11) is 0. The Morgan fingerprint density at radius 3 is 2.63 bits per heavy atom. The Bertz CT molecular complexity index is 348. The van der Waals surface area contributed by atoms with Gasteiger partial charge in [0.15, 0.2) is 0 Å². The Hall–Kier alpha value is -1.30. The molecule has 19 heavy (non-hydrogen) atoms. The first-order valence-electron chi connectivity index (χ1n) is 7.09. The van der Waals surface area contributed by atoms with Crippen LogP contribution in [-0.4, -0.2) is 59.1 Å². The number of amides is 2. The first-order chi connectivity index (χ1) is 9.11. The number of carbonyl (C=O) groups excluding carboxylic acids is 1. The maximum absolute atomic E-state index is 12.5. The van der Waals surface area contributed by atoms with E-state index >= 15 is 0 Å². The van der Waals surface area contributed by atoms with E-state index in [2.05, 4.69) is 0 Å². The van der Waals surface area contributed by atoms with E-state index in [4.69, 9.17) is 10.8 Å². The van der Waals surface area contributed by atoms with Crippen molar-refractivity contribution in [3.05, 3.63) is 0 Å². The minimum absolute atomic E-state index is 0.00176. The number of aliphatic carboxylic acids is 1. The SMILES string of the molecule is NCC1CCN(C(=O)N2CCCCC2CC(=O)O)C1. The van der Waals surface area contributed by atoms with Crippen molar-refractivity contribution in [2.75, 3.05) is 26.2 Å². The molecule has 2 amide bonds. The molecule has 2 aliphatic rings. The quantitative estimate of drug-likeness (QED) is 0.790. The molecule has 6 nitrogen and oxygen atoms in total. The van der Waals surface area contributed by atoms with Crippen molar-refractivity contribution in [1.29, 1.82) is 0 Å². The zero-order valence-corrected chi connectivity index (χ0v) is 11.3. The van der Waals surface area contributed by atoms with Gasteiger partial charge in [-0.1, -0.05) is 0 Å². The number of hydrogen-bond donors (Lipinski definition) is 2. The van der Waals surface area contributed by atoms with Crippen molar-refractivity contribution in [3.8, 4) is 0 Å². The van der Waals surface area contributed by atoms with Gasteiger partial charge in [-0.3, -0.25) is 4.79 Å². The summed E-state index contributed by atoms with van der Waals surface area (Å²) in [6, 6.07) is -0.141. The second-order valence-corrected chi connectivity index (χ2v) is 5.56. The molecule has 2 heterocycles. The molecule has 2 rings (SSSR count). The molecule has 0 aliphatic carbocycles. The van der Waals surface area contributed by atoms with Gasteiger partial charge >= 0.3 is 12.0 Å². The predicted molar refractivity (Wildman–Crippen MR) is 70.7 cm³/mol. The molecule has 2 aliphatic heterocycles. The van der Waals surface area contributed by atoms with Gasteiger partial charge in [0.25, 0.3) is 0 Å². The van der Waals surface area contributed by atoms with E-state index in [1.807, 2.05) is 4.90 Å². The van der Waals surface area contributed by atoms with Crippen LogP contribution in [-0.2, 0) is 4.79 Å². The van der Waals surface area contributed by atoms with Crippen molar-refractivity contribution >= 4 is 12.0 Å². The highest BCUT2D eigenvalue weighted by Crippen LogP contribution is 2.24. The fourth-order valence-electron chi connectivity index (χ4n) is 3.05. The van der Waals surface area contributed by atoms with Gasteiger partial charge in [-0.15, -0.1) is 0 Å². The smallest absolute Gasteiger partial charge is 0.320 e. The molecule has 2 atom stereocenters. The second kappa shape index (κ2) is 6.23. The summed E-state index contributed by atoms with van der Waals surface area (Å²) in [6.07, 6.45) is 3.79. The van der Waals surface area contributed by atoms with Crippen LogP contribution in [0, 0.1) is 5.92 Å². The molecule has 0 bridgehead atoms. The highest BCUT2D eigenvalue weighted by atomic mass is 16.4. The lowest BCUT2D eigenvalue weighted by molar-refractivity contribution is -0.138. The van der Waals surface area contributed by atoms with Crippen LogP contribution in [0.2, 0.25) is 0 Å². The van der Waals surface area contributed by atoms with Crippen LogP contribution < -0.4 is 5.73 Å². The number of rotatable bonds is 3. The fraction of sp³-hybridized carbons (Fsp3) is 0.846. The Kier molecular flexibility index (Phi) is 4.63. The van der Waals surface area contributed by atoms with Crippen molar-refractivity contribution < 1.29 is 14.7 Å². The third kappa shape index (κ3) is 3.37. The number of hydrogen-bond acceptors (Lipinski definition) is 3. The van der Waals surface area contributed by atoms with E-state index in [0.717, 1.165) is 32.2 Å². The van der Waals surface area contributed by atoms with Crippen LogP contribution in [0.1, 0.15) is 32.1 Å². The van der Waals surface area contributed by atoms with E-state index < -0.39 is 5.97 Å². The molecular weight excluding hydrogens is 246 g/mol. The summed E-state index contributed by atoms with van der Waals surface area (Å²) < 4.78 is 0. The number of piperidine rings is 1. The Morgan fingerprint density at radius 1 is 1.21 bits per heavy atom. The first kappa shape index (κ1) is 14.1. The van der Waals surface area contributed by atoms with Crippen molar-refractivity contribution in [2.45, 2.75) is 38.1 Å². The molecule has 0 saturated carbocycles. The van der Waals surface area contributed by atoms with Crippen molar-refractivity contribution in [2.24, 2.45) is 11.7 Å². The lowest BCUT2D eigenvalue weighted by atomic mass is 10.00. The average molecular weight is 269 g/mol. The van der Waals surface area contributed by atoms with Crippen LogP contribution in [0.4, 0.5) is 4.79 Å². The maximum Gasteiger partial charge on any atom is 0.320 e. The van der Waals surface area contributed by atoms with Gasteiger partial charge in [-0.2, -0.15) is 0 Å². The maximum atomic E-state index is 12.5. The average Bonchev–Trinajstić information content (AvgIpc) is 2.86. The van der Waals surface area contributed by atoms with Crippen LogP contribution in [0.3, 0.4) is 0 Å². The molecule has 0 radical (unpaired) electrons. The summed E-state index contributed by atoms with van der Waals surface area (Å²) in [5.74, 6) is -0.433. The third-order valence-electron chi connectivity index (χ3n) is 4.17. The molecule has 2 fully saturated rings. The van der Waals surface area contributed by atoms with E-state index in [1.165, 1.54) is 0 Å². The van der Waals surface area contributed by atoms with Gasteiger partial charge in [0.2, 0.25) is 0 Å². The Labute approximate surface area is 113 Å². The van der Waals surface area contributed by atoms with Crippen LogP contribution in [0.5, 0.6) is 0 Å². The fourth-order valence-corrected chi connectivity index (χ4v) is 3.05. The topological polar surface area (TPSA) is 86.9 Å². The highest BCUT2D eigenvalue weighted by molar-refractivity contribution is 5.76. The zero-order valence-electron chi connectivity index (χ0n) is 11.3.